The van der Waals surface area contributed by atoms with E-state index in [4.69, 9.17) is 5.73 Å². The number of aryl methyl sites for hydroxylation is 1. The minimum Gasteiger partial charge on any atom is -0.399 e. The Hall–Kier alpha value is -2.91. The van der Waals surface area contributed by atoms with Crippen molar-refractivity contribution < 1.29 is 9.90 Å². The van der Waals surface area contributed by atoms with Gasteiger partial charge >= 0.3 is 0 Å². The van der Waals surface area contributed by atoms with Crippen molar-refractivity contribution in [2.24, 2.45) is 5.92 Å². The summed E-state index contributed by atoms with van der Waals surface area (Å²) in [5.41, 5.74) is 11.9. The molecule has 0 aliphatic heterocycles. The zero-order chi connectivity index (χ0) is 24.5. The average molecular weight is 468 g/mol. The molecule has 3 aromatic carbocycles. The number of aliphatic hydroxyl groups is 1. The van der Waals surface area contributed by atoms with E-state index in [2.05, 4.69) is 49.4 Å². The number of Topliss-reactive ketones (excluding diaryl/α,β-unsaturated/α-hetero) is 1. The van der Waals surface area contributed by atoms with Gasteiger partial charge in [0, 0.05) is 23.1 Å². The Morgan fingerprint density at radius 1 is 1.00 bits per heavy atom. The van der Waals surface area contributed by atoms with E-state index < -0.39 is 5.60 Å². The smallest absolute Gasteiger partial charge is 0.167 e. The van der Waals surface area contributed by atoms with Crippen molar-refractivity contribution in [2.45, 2.75) is 75.7 Å². The van der Waals surface area contributed by atoms with E-state index in [9.17, 15) is 9.90 Å². The first-order valence-corrected chi connectivity index (χ1v) is 13.2. The highest BCUT2D eigenvalue weighted by Gasteiger charge is 2.50. The number of hydrogen-bond acceptors (Lipinski definition) is 3. The van der Waals surface area contributed by atoms with Crippen molar-refractivity contribution in [1.82, 2.24) is 0 Å². The molecule has 0 amide bonds. The Morgan fingerprint density at radius 2 is 1.80 bits per heavy atom. The lowest BCUT2D eigenvalue weighted by molar-refractivity contribution is -0.0497. The highest BCUT2D eigenvalue weighted by molar-refractivity contribution is 5.97. The summed E-state index contributed by atoms with van der Waals surface area (Å²) in [4.78, 5) is 13.2. The van der Waals surface area contributed by atoms with E-state index in [0.717, 1.165) is 62.5 Å². The quantitative estimate of drug-likeness (QED) is 0.323. The van der Waals surface area contributed by atoms with E-state index in [1.165, 1.54) is 16.7 Å². The van der Waals surface area contributed by atoms with Crippen molar-refractivity contribution in [2.75, 3.05) is 5.73 Å². The lowest BCUT2D eigenvalue weighted by Crippen LogP contribution is -2.48. The summed E-state index contributed by atoms with van der Waals surface area (Å²) < 4.78 is 0. The molecule has 182 valence electrons. The largest absolute Gasteiger partial charge is 0.399 e. The SMILES string of the molecule is CC[C@@]1(O)CC[C@@]2(Cc3ccccc3)c3ccc(C(=O)Cc4cccc(N)c4)cc3CCC[C@H]2C1. The monoisotopic (exact) mass is 467 g/mol. The van der Waals surface area contributed by atoms with Crippen LogP contribution in [0.5, 0.6) is 0 Å². The van der Waals surface area contributed by atoms with E-state index in [-0.39, 0.29) is 11.2 Å². The van der Waals surface area contributed by atoms with Gasteiger partial charge in [-0.05, 0) is 97.7 Å². The maximum Gasteiger partial charge on any atom is 0.167 e. The molecule has 3 atom stereocenters. The van der Waals surface area contributed by atoms with E-state index in [1.807, 2.05) is 30.3 Å². The van der Waals surface area contributed by atoms with Crippen molar-refractivity contribution in [3.05, 3.63) is 101 Å². The molecular formula is C32H37NO2. The molecule has 2 aliphatic carbocycles. The van der Waals surface area contributed by atoms with Crippen LogP contribution in [0.1, 0.15) is 78.1 Å². The average Bonchev–Trinajstić information content (AvgIpc) is 3.01. The summed E-state index contributed by atoms with van der Waals surface area (Å²) in [5.74, 6) is 0.580. The van der Waals surface area contributed by atoms with E-state index in [1.54, 1.807) is 0 Å². The second-order valence-corrected chi connectivity index (χ2v) is 10.9. The van der Waals surface area contributed by atoms with Crippen LogP contribution in [0.15, 0.2) is 72.8 Å². The molecule has 3 N–H and O–H groups in total. The number of rotatable bonds is 6. The Labute approximate surface area is 209 Å². The third-order valence-electron chi connectivity index (χ3n) is 8.74. The van der Waals surface area contributed by atoms with Gasteiger partial charge in [-0.15, -0.1) is 0 Å². The molecule has 0 aromatic heterocycles. The molecule has 0 bridgehead atoms. The summed E-state index contributed by atoms with van der Waals surface area (Å²) in [6, 6.07) is 24.9. The minimum absolute atomic E-state index is 0.00401. The lowest BCUT2D eigenvalue weighted by Gasteiger charge is -2.50. The van der Waals surface area contributed by atoms with Gasteiger partial charge in [0.25, 0.3) is 0 Å². The second-order valence-electron chi connectivity index (χ2n) is 10.9. The molecule has 3 heteroatoms. The normalized spacial score (nSPS) is 25.8. The number of fused-ring (bicyclic) bond motifs is 3. The first-order chi connectivity index (χ1) is 16.9. The van der Waals surface area contributed by atoms with Gasteiger partial charge in [0.05, 0.1) is 5.60 Å². The van der Waals surface area contributed by atoms with Gasteiger partial charge in [0.1, 0.15) is 0 Å². The molecule has 3 aromatic rings. The summed E-state index contributed by atoms with van der Waals surface area (Å²) in [5, 5.41) is 11.3. The molecular weight excluding hydrogens is 430 g/mol. The summed E-state index contributed by atoms with van der Waals surface area (Å²) in [6.45, 7) is 2.12. The predicted molar refractivity (Wildman–Crippen MR) is 143 cm³/mol. The van der Waals surface area contributed by atoms with Crippen LogP contribution in [0, 0.1) is 5.92 Å². The topological polar surface area (TPSA) is 63.3 Å². The first kappa shape index (κ1) is 23.8. The Morgan fingerprint density at radius 3 is 2.57 bits per heavy atom. The number of anilines is 1. The number of benzene rings is 3. The number of carbonyl (C=O) groups excluding carboxylic acids is 1. The van der Waals surface area contributed by atoms with Crippen molar-refractivity contribution in [3.63, 3.8) is 0 Å². The molecule has 35 heavy (non-hydrogen) atoms. The fraction of sp³-hybridized carbons (Fsp3) is 0.406. The van der Waals surface area contributed by atoms with Crippen LogP contribution >= 0.6 is 0 Å². The van der Waals surface area contributed by atoms with Crippen LogP contribution in [-0.4, -0.2) is 16.5 Å². The van der Waals surface area contributed by atoms with Crippen molar-refractivity contribution >= 4 is 11.5 Å². The van der Waals surface area contributed by atoms with Crippen LogP contribution in [0.25, 0.3) is 0 Å². The number of ketones is 1. The van der Waals surface area contributed by atoms with Crippen molar-refractivity contribution in [3.8, 4) is 0 Å². The van der Waals surface area contributed by atoms with E-state index >= 15 is 0 Å². The van der Waals surface area contributed by atoms with Gasteiger partial charge in [-0.25, -0.2) is 0 Å². The molecule has 0 spiro atoms. The third kappa shape index (κ3) is 4.79. The fourth-order valence-corrected chi connectivity index (χ4v) is 6.75. The van der Waals surface area contributed by atoms with Gasteiger partial charge in [0.15, 0.2) is 5.78 Å². The second kappa shape index (κ2) is 9.62. The predicted octanol–water partition coefficient (Wildman–Crippen LogP) is 6.45. The molecule has 1 fully saturated rings. The van der Waals surface area contributed by atoms with Gasteiger partial charge in [0.2, 0.25) is 0 Å². The van der Waals surface area contributed by atoms with Crippen LogP contribution in [0.4, 0.5) is 5.69 Å². The maximum absolute atomic E-state index is 13.2. The maximum atomic E-state index is 13.2. The molecule has 0 radical (unpaired) electrons. The first-order valence-electron chi connectivity index (χ1n) is 13.2. The Balaban J connectivity index is 1.52. The molecule has 3 nitrogen and oxygen atoms in total. The molecule has 0 saturated heterocycles. The van der Waals surface area contributed by atoms with Crippen LogP contribution in [0.3, 0.4) is 0 Å². The summed E-state index contributed by atoms with van der Waals surface area (Å²) in [7, 11) is 0. The number of nitrogen functional groups attached to an aromatic ring is 1. The molecule has 5 rings (SSSR count). The molecule has 0 heterocycles. The molecule has 0 unspecified atom stereocenters. The van der Waals surface area contributed by atoms with Crippen LogP contribution < -0.4 is 5.73 Å². The number of nitrogens with two attached hydrogens (primary N) is 1. The number of hydrogen-bond donors (Lipinski definition) is 2. The highest BCUT2D eigenvalue weighted by Crippen LogP contribution is 2.54. The highest BCUT2D eigenvalue weighted by atomic mass is 16.3. The lowest BCUT2D eigenvalue weighted by atomic mass is 9.55. The Kier molecular flexibility index (Phi) is 6.55. The summed E-state index contributed by atoms with van der Waals surface area (Å²) in [6.07, 6.45) is 8.07. The van der Waals surface area contributed by atoms with Gasteiger partial charge in [-0.1, -0.05) is 61.5 Å². The van der Waals surface area contributed by atoms with Gasteiger partial charge in [-0.2, -0.15) is 0 Å². The summed E-state index contributed by atoms with van der Waals surface area (Å²) >= 11 is 0. The molecule has 2 aliphatic rings. The zero-order valence-corrected chi connectivity index (χ0v) is 20.8. The Bertz CT molecular complexity index is 1200. The standard InChI is InChI=1S/C32H37NO2/c1-2-31(35)16-17-32(21-23-8-4-3-5-9-23)27(22-31)12-7-11-25-20-26(14-15-29(25)32)30(34)19-24-10-6-13-28(33)18-24/h3-6,8-10,13-15,18,20,27,35H,2,7,11-12,16-17,19,21-22,33H2,1H3/t27-,31+,32-/m0/s1. The number of carbonyl (C=O) groups is 1. The van der Waals surface area contributed by atoms with Gasteiger partial charge < -0.3 is 10.8 Å². The minimum atomic E-state index is -0.553. The van der Waals surface area contributed by atoms with Crippen LogP contribution in [0.2, 0.25) is 0 Å². The third-order valence-corrected chi connectivity index (χ3v) is 8.74. The molecule has 1 saturated carbocycles. The van der Waals surface area contributed by atoms with Gasteiger partial charge in [-0.3, -0.25) is 4.79 Å². The fourth-order valence-electron chi connectivity index (χ4n) is 6.75. The van der Waals surface area contributed by atoms with E-state index in [0.29, 0.717) is 18.0 Å². The van der Waals surface area contributed by atoms with Crippen molar-refractivity contribution in [1.29, 1.82) is 0 Å². The van der Waals surface area contributed by atoms with Crippen LogP contribution in [-0.2, 0) is 24.7 Å². The zero-order valence-electron chi connectivity index (χ0n) is 20.8.